The molecule has 18 heteroatoms. The zero-order valence-electron chi connectivity index (χ0n) is 46.5. The Kier molecular flexibility index (Phi) is 23.8. The Balaban J connectivity index is 0.000000694. The zero-order valence-corrected chi connectivity index (χ0v) is 52.6. The number of hydrogen-bond acceptors (Lipinski definition) is 12. The van der Waals surface area contributed by atoms with Crippen LogP contribution in [0, 0.1) is 121 Å². The van der Waals surface area contributed by atoms with E-state index in [1.165, 1.54) is 126 Å². The number of aryl methyl sites for hydroxylation is 12. The lowest BCUT2D eigenvalue weighted by Gasteiger charge is -2.17. The molecule has 8 aromatic carbocycles. The van der Waals surface area contributed by atoms with Crippen molar-refractivity contribution in [2.45, 2.75) is 125 Å². The third-order valence-electron chi connectivity index (χ3n) is 12.4. The van der Waals surface area contributed by atoms with Crippen LogP contribution in [0.5, 0.6) is 0 Å². The Morgan fingerprint density at radius 1 is 0.275 bits per heavy atom. The molecule has 12 nitrogen and oxygen atoms in total. The zero-order chi connectivity index (χ0) is 59.6. The monoisotopic (exact) mass is 1300 g/mol. The lowest BCUT2D eigenvalue weighted by Crippen LogP contribution is -3.61. The van der Waals surface area contributed by atoms with Crippen LogP contribution in [0.3, 0.4) is 0 Å². The first-order chi connectivity index (χ1) is 37.1. The molecule has 0 N–H and O–H groups in total. The van der Waals surface area contributed by atoms with E-state index in [9.17, 15) is 0 Å². The van der Waals surface area contributed by atoms with Crippen LogP contribution >= 0.6 is 0 Å². The maximum absolute atomic E-state index is 8.49. The second kappa shape index (κ2) is 28.7. The van der Waals surface area contributed by atoms with Crippen LogP contribution in [-0.2, 0) is 34.6 Å². The predicted octanol–water partition coefficient (Wildman–Crippen LogP) is -1.38. The maximum atomic E-state index is 8.49. The first-order valence-corrected chi connectivity index (χ1v) is 33.1. The molecule has 424 valence electrons. The maximum Gasteiger partial charge on any atom is 0.357 e. The van der Waals surface area contributed by atoms with Gasteiger partial charge in [0, 0.05) is 44.5 Å². The van der Waals surface area contributed by atoms with E-state index in [4.69, 9.17) is 55.9 Å². The van der Waals surface area contributed by atoms with E-state index in [1.807, 2.05) is 0 Å². The standard InChI is InChI=1S/C62H64IS2.3ClHO4/c1-39-29-43(5)59(44(6)30-39)64(60-45(7)31-40(2)32-46(60)8)57-25-17-53(18-26-57)37-51-13-21-55(22-14-51)63-56-23-15-52(16-24-56)38-54-19-27-58(28-20-54)65(61-47(9)33-41(3)34-48(61)10)62-49(11)35-42(4)36-50(62)12;3*2-1(3,4)5/h13-36H,37-38H2,1-12H3;3*(H,2,3,4,5)/q+3;;;/p-3. The molecule has 8 rings (SSSR count). The fourth-order valence-corrected chi connectivity index (χ4v) is 17.4. The van der Waals surface area contributed by atoms with Crippen molar-refractivity contribution in [1.82, 2.24) is 0 Å². The van der Waals surface area contributed by atoms with Gasteiger partial charge in [-0.05, 0) is 167 Å². The van der Waals surface area contributed by atoms with Crippen molar-refractivity contribution in [2.75, 3.05) is 0 Å². The highest BCUT2D eigenvalue weighted by molar-refractivity contribution is 7.97. The van der Waals surface area contributed by atoms with Crippen molar-refractivity contribution in [1.29, 1.82) is 0 Å². The van der Waals surface area contributed by atoms with Gasteiger partial charge in [-0.15, -0.1) is 30.7 Å². The molecule has 0 saturated carbocycles. The van der Waals surface area contributed by atoms with Crippen molar-refractivity contribution < 1.29 is 108 Å². The molecule has 80 heavy (non-hydrogen) atoms. The lowest BCUT2D eigenvalue weighted by atomic mass is 10.1. The first kappa shape index (κ1) is 66.4. The summed E-state index contributed by atoms with van der Waals surface area (Å²) < 4.78 is 105. The molecular formula is C62H64Cl3IO12S2. The average Bonchev–Trinajstić information content (AvgIpc) is 3.30. The summed E-state index contributed by atoms with van der Waals surface area (Å²) in [7, 11) is -15.2. The molecule has 0 fully saturated rings. The van der Waals surface area contributed by atoms with Crippen molar-refractivity contribution in [3.05, 3.63) is 242 Å². The van der Waals surface area contributed by atoms with Crippen LogP contribution in [-0.4, -0.2) is 0 Å². The SMILES string of the molecule is Cc1cc(C)c([S+](c2ccc(Cc3ccc([I+]c4ccc(Cc5ccc([S+](c6c(C)cc(C)cc6C)c6c(C)cc(C)cc6C)cc5)cc4)cc3)cc2)c2c(C)cc(C)cc2C)c(C)c1.[O-][Cl+3]([O-])([O-])[O-].[O-][Cl+3]([O-])([O-])[O-].[O-][Cl+3]([O-])([O-])[O-]. The van der Waals surface area contributed by atoms with Gasteiger partial charge in [0.1, 0.15) is 21.8 Å². The lowest BCUT2D eigenvalue weighted by molar-refractivity contribution is -2.00. The Labute approximate surface area is 492 Å². The molecule has 0 aromatic heterocycles. The van der Waals surface area contributed by atoms with E-state index in [0.717, 1.165) is 12.8 Å². The van der Waals surface area contributed by atoms with Gasteiger partial charge in [0.05, 0.1) is 0 Å². The minimum atomic E-state index is -4.94. The van der Waals surface area contributed by atoms with Crippen LogP contribution in [0.2, 0.25) is 0 Å². The number of benzene rings is 8. The van der Waals surface area contributed by atoms with Gasteiger partial charge >= 0.3 is 21.2 Å². The fourth-order valence-electron chi connectivity index (χ4n) is 10.0. The van der Waals surface area contributed by atoms with Crippen LogP contribution in [0.25, 0.3) is 0 Å². The van der Waals surface area contributed by atoms with Crippen LogP contribution in [0.15, 0.2) is 175 Å². The summed E-state index contributed by atoms with van der Waals surface area (Å²) in [5.41, 5.74) is 21.8. The molecule has 0 heterocycles. The van der Waals surface area contributed by atoms with Crippen LogP contribution in [0.1, 0.15) is 89.0 Å². The van der Waals surface area contributed by atoms with E-state index in [1.54, 1.807) is 0 Å². The van der Waals surface area contributed by atoms with Crippen molar-refractivity contribution >= 4 is 21.8 Å². The topological polar surface area (TPSA) is 277 Å². The highest BCUT2D eigenvalue weighted by Crippen LogP contribution is 2.41. The molecule has 0 atom stereocenters. The van der Waals surface area contributed by atoms with E-state index < -0.39 is 30.7 Å². The Morgan fingerprint density at radius 2 is 0.438 bits per heavy atom. The van der Waals surface area contributed by atoms with E-state index in [0.29, 0.717) is 0 Å². The Bertz CT molecular complexity index is 2900. The van der Waals surface area contributed by atoms with Gasteiger partial charge in [-0.3, -0.25) is 0 Å². The number of halogens is 4. The summed E-state index contributed by atoms with van der Waals surface area (Å²) in [6.45, 7) is 27.2. The van der Waals surface area contributed by atoms with Gasteiger partial charge in [0.2, 0.25) is 0 Å². The minimum Gasteiger partial charge on any atom is -0.222 e. The van der Waals surface area contributed by atoms with Crippen LogP contribution in [0.4, 0.5) is 0 Å². The number of rotatable bonds is 12. The van der Waals surface area contributed by atoms with Gasteiger partial charge in [0.15, 0.2) is 36.5 Å². The summed E-state index contributed by atoms with van der Waals surface area (Å²) in [4.78, 5) is 8.64. The molecule has 0 spiro atoms. The average molecular weight is 1300 g/mol. The quantitative estimate of drug-likeness (QED) is 0.101. The highest BCUT2D eigenvalue weighted by atomic mass is 127. The smallest absolute Gasteiger partial charge is 0.222 e. The first-order valence-electron chi connectivity index (χ1n) is 24.8. The molecule has 0 aliphatic carbocycles. The van der Waals surface area contributed by atoms with Gasteiger partial charge in [0.25, 0.3) is 0 Å². The normalized spacial score (nSPS) is 11.6. The molecule has 0 unspecified atom stereocenters. The summed E-state index contributed by atoms with van der Waals surface area (Å²) in [5.74, 6) is 0. The Hall–Kier alpha value is -4.42. The predicted molar refractivity (Wildman–Crippen MR) is 276 cm³/mol. The van der Waals surface area contributed by atoms with Gasteiger partial charge in [-0.25, -0.2) is 55.9 Å². The molecule has 0 aliphatic rings. The van der Waals surface area contributed by atoms with E-state index in [2.05, 4.69) is 229 Å². The molecule has 0 saturated heterocycles. The van der Waals surface area contributed by atoms with Crippen LogP contribution < -0.4 is 77.1 Å². The molecule has 0 bridgehead atoms. The van der Waals surface area contributed by atoms with E-state index >= 15 is 0 Å². The van der Waals surface area contributed by atoms with Crippen molar-refractivity contribution in [3.63, 3.8) is 0 Å². The highest BCUT2D eigenvalue weighted by Gasteiger charge is 2.37. The summed E-state index contributed by atoms with van der Waals surface area (Å²) in [6, 6.07) is 56.7. The van der Waals surface area contributed by atoms with Crippen molar-refractivity contribution in [3.8, 4) is 0 Å². The second-order valence-corrected chi connectivity index (χ2v) is 28.7. The third kappa shape index (κ3) is 21.1. The molecule has 0 aliphatic heterocycles. The third-order valence-corrected chi connectivity index (χ3v) is 20.8. The number of hydrogen-bond donors (Lipinski definition) is 0. The molecule has 0 radical (unpaired) electrons. The largest absolute Gasteiger partial charge is 0.357 e. The van der Waals surface area contributed by atoms with Gasteiger partial charge in [-0.2, -0.15) is 0 Å². The van der Waals surface area contributed by atoms with Gasteiger partial charge < -0.3 is 0 Å². The molecular weight excluding hydrogens is 1230 g/mol. The molecule has 8 aromatic rings. The summed E-state index contributed by atoms with van der Waals surface area (Å²) >= 11 is -0.262. The summed E-state index contributed by atoms with van der Waals surface area (Å²) in [6.07, 6.45) is 1.87. The summed E-state index contributed by atoms with van der Waals surface area (Å²) in [5, 5.41) is 0. The second-order valence-electron chi connectivity index (χ2n) is 19.6. The minimum absolute atomic E-state index is 0.182. The van der Waals surface area contributed by atoms with E-state index in [-0.39, 0.29) is 43.0 Å². The Morgan fingerprint density at radius 3 is 0.613 bits per heavy atom. The fraction of sp³-hybridized carbons (Fsp3) is 0.226. The van der Waals surface area contributed by atoms with Crippen molar-refractivity contribution in [2.24, 2.45) is 0 Å². The molecule has 0 amide bonds. The van der Waals surface area contributed by atoms with Gasteiger partial charge in [-0.1, -0.05) is 119 Å².